The van der Waals surface area contributed by atoms with E-state index in [0.717, 1.165) is 23.2 Å². The zero-order valence-corrected chi connectivity index (χ0v) is 18.1. The van der Waals surface area contributed by atoms with E-state index in [-0.39, 0.29) is 5.78 Å². The average molecular weight is 447 g/mol. The number of hydrogen-bond acceptors (Lipinski definition) is 5. The van der Waals surface area contributed by atoms with Crippen LogP contribution in [0.25, 0.3) is 0 Å². The number of thioether (sulfide) groups is 1. The van der Waals surface area contributed by atoms with Gasteiger partial charge in [0, 0.05) is 10.6 Å². The summed E-state index contributed by atoms with van der Waals surface area (Å²) < 4.78 is 0. The van der Waals surface area contributed by atoms with E-state index in [9.17, 15) is 10.0 Å². The zero-order valence-electron chi connectivity index (χ0n) is 16.5. The number of oxime groups is 1. The number of nitrogens with zero attached hydrogens (tertiary/aromatic N) is 2. The van der Waals surface area contributed by atoms with E-state index in [1.54, 1.807) is 12.1 Å². The van der Waals surface area contributed by atoms with Crippen molar-refractivity contribution in [1.29, 1.82) is 0 Å². The Morgan fingerprint density at radius 3 is 2.42 bits per heavy atom. The lowest BCUT2D eigenvalue weighted by molar-refractivity contribution is 0.0843. The molecular weight excluding hydrogens is 428 g/mol. The maximum Gasteiger partial charge on any atom is 0.176 e. The molecule has 1 spiro atoms. The van der Waals surface area contributed by atoms with Gasteiger partial charge in [-0.3, -0.25) is 4.79 Å². The molecule has 0 aromatic heterocycles. The number of ketones is 1. The summed E-state index contributed by atoms with van der Waals surface area (Å²) in [5.41, 5.74) is 2.49. The quantitative estimate of drug-likeness (QED) is 0.360. The lowest BCUT2D eigenvalue weighted by Crippen LogP contribution is -2.44. The molecule has 6 heteroatoms. The van der Waals surface area contributed by atoms with Gasteiger partial charge in [0.2, 0.25) is 0 Å². The van der Waals surface area contributed by atoms with Crippen LogP contribution in [0.3, 0.4) is 0 Å². The number of hydrogen-bond donors (Lipinski definition) is 1. The molecule has 5 rings (SSSR count). The topological polar surface area (TPSA) is 62.0 Å². The van der Waals surface area contributed by atoms with Gasteiger partial charge in [0.05, 0.1) is 22.1 Å². The first kappa shape index (κ1) is 20.0. The summed E-state index contributed by atoms with van der Waals surface area (Å²) in [6.45, 7) is 0. The predicted octanol–water partition coefficient (Wildman–Crippen LogP) is 6.50. The van der Waals surface area contributed by atoms with E-state index in [4.69, 9.17) is 16.6 Å². The smallest absolute Gasteiger partial charge is 0.176 e. The van der Waals surface area contributed by atoms with E-state index >= 15 is 0 Å². The number of Topliss-reactive ketones (excluding diaryl/α,β-unsaturated/α-hetero) is 1. The second-order valence-corrected chi connectivity index (χ2v) is 9.18. The van der Waals surface area contributed by atoms with Crippen LogP contribution in [0.4, 0.5) is 5.69 Å². The van der Waals surface area contributed by atoms with E-state index in [2.05, 4.69) is 5.16 Å². The minimum Gasteiger partial charge on any atom is -0.410 e. The Balaban J connectivity index is 1.75. The number of aryl methyl sites for hydroxylation is 1. The number of benzene rings is 3. The molecule has 0 radical (unpaired) electrons. The first-order valence-corrected chi connectivity index (χ1v) is 11.2. The van der Waals surface area contributed by atoms with Crippen LogP contribution in [0.2, 0.25) is 5.02 Å². The summed E-state index contributed by atoms with van der Waals surface area (Å²) in [7, 11) is 0. The Bertz CT molecular complexity index is 1210. The molecule has 1 aliphatic heterocycles. The van der Waals surface area contributed by atoms with Crippen molar-refractivity contribution in [3.05, 3.63) is 101 Å². The Labute approximate surface area is 189 Å². The Morgan fingerprint density at radius 2 is 1.68 bits per heavy atom. The molecule has 2 aliphatic rings. The van der Waals surface area contributed by atoms with Crippen LogP contribution in [0.5, 0.6) is 0 Å². The number of rotatable bonds is 2. The molecule has 0 unspecified atom stereocenters. The normalized spacial score (nSPS) is 25.3. The van der Waals surface area contributed by atoms with Gasteiger partial charge in [-0.1, -0.05) is 83.1 Å². The molecular formula is C25H19ClN2O2S. The number of aliphatic imine (C=N–C) groups is 1. The van der Waals surface area contributed by atoms with Crippen molar-refractivity contribution < 1.29 is 10.0 Å². The highest BCUT2D eigenvalue weighted by atomic mass is 35.5. The van der Waals surface area contributed by atoms with Crippen molar-refractivity contribution in [2.24, 2.45) is 15.6 Å². The molecule has 4 nitrogen and oxygen atoms in total. The third-order valence-electron chi connectivity index (χ3n) is 6.07. The van der Waals surface area contributed by atoms with E-state index in [1.165, 1.54) is 11.8 Å². The molecule has 1 saturated heterocycles. The van der Waals surface area contributed by atoms with E-state index in [1.807, 2.05) is 66.7 Å². The molecule has 1 aliphatic carbocycles. The standard InChI is InChI=1S/C25H19ClN2O2S/c26-18-12-10-17(11-13-18)21-23(28-30)31-24(27-19-7-2-1-3-8-19)25(21)15-14-16-6-4-5-9-20(16)22(25)29/h1-13,21,30H,14-15H2/b27-24?,28-23-/t21-,25+/m0/s1. The van der Waals surface area contributed by atoms with Gasteiger partial charge in [-0.05, 0) is 48.2 Å². The highest BCUT2D eigenvalue weighted by Crippen LogP contribution is 2.57. The second-order valence-electron chi connectivity index (χ2n) is 7.73. The highest BCUT2D eigenvalue weighted by Gasteiger charge is 2.59. The molecule has 2 atom stereocenters. The first-order valence-electron chi connectivity index (χ1n) is 10.1. The average Bonchev–Trinajstić information content (AvgIpc) is 3.11. The van der Waals surface area contributed by atoms with Crippen molar-refractivity contribution in [2.45, 2.75) is 18.8 Å². The Kier molecular flexibility index (Phi) is 5.16. The van der Waals surface area contributed by atoms with Gasteiger partial charge in [0.1, 0.15) is 5.04 Å². The first-order chi connectivity index (χ1) is 15.1. The third-order valence-corrected chi connectivity index (χ3v) is 7.49. The number of fused-ring (bicyclic) bond motifs is 1. The molecule has 3 aromatic rings. The van der Waals surface area contributed by atoms with Gasteiger partial charge in [-0.25, -0.2) is 4.99 Å². The SMILES string of the molecule is O=C1c2ccccc2CC[C@]12C(=Nc1ccccc1)S/C(=N\O)[C@@H]2c1ccc(Cl)cc1. The van der Waals surface area contributed by atoms with Gasteiger partial charge >= 0.3 is 0 Å². The molecule has 0 amide bonds. The molecule has 31 heavy (non-hydrogen) atoms. The van der Waals surface area contributed by atoms with Crippen LogP contribution in [0, 0.1) is 5.41 Å². The summed E-state index contributed by atoms with van der Waals surface area (Å²) >= 11 is 7.41. The van der Waals surface area contributed by atoms with Crippen molar-refractivity contribution in [1.82, 2.24) is 0 Å². The van der Waals surface area contributed by atoms with Crippen molar-refractivity contribution in [2.75, 3.05) is 0 Å². The Hall–Kier alpha value is -2.89. The van der Waals surface area contributed by atoms with Crippen LogP contribution in [0.15, 0.2) is 89.0 Å². The summed E-state index contributed by atoms with van der Waals surface area (Å²) in [6.07, 6.45) is 1.34. The molecule has 1 N–H and O–H groups in total. The zero-order chi connectivity index (χ0) is 21.4. The van der Waals surface area contributed by atoms with Crippen LogP contribution >= 0.6 is 23.4 Å². The van der Waals surface area contributed by atoms with Crippen LogP contribution in [-0.2, 0) is 6.42 Å². The lowest BCUT2D eigenvalue weighted by atomic mass is 9.62. The number of halogens is 1. The van der Waals surface area contributed by atoms with E-state index < -0.39 is 11.3 Å². The van der Waals surface area contributed by atoms with Crippen LogP contribution < -0.4 is 0 Å². The van der Waals surface area contributed by atoms with Crippen molar-refractivity contribution in [3.8, 4) is 0 Å². The van der Waals surface area contributed by atoms with Crippen molar-refractivity contribution in [3.63, 3.8) is 0 Å². The largest absolute Gasteiger partial charge is 0.410 e. The van der Waals surface area contributed by atoms with Gasteiger partial charge in [0.25, 0.3) is 0 Å². The molecule has 1 heterocycles. The molecule has 0 bridgehead atoms. The van der Waals surface area contributed by atoms with Crippen LogP contribution in [-0.4, -0.2) is 21.1 Å². The van der Waals surface area contributed by atoms with Crippen molar-refractivity contribution >= 4 is 44.9 Å². The monoisotopic (exact) mass is 446 g/mol. The fourth-order valence-corrected chi connectivity index (χ4v) is 6.08. The fraction of sp³-hybridized carbons (Fsp3) is 0.160. The summed E-state index contributed by atoms with van der Waals surface area (Å²) in [4.78, 5) is 19.0. The molecule has 3 aromatic carbocycles. The van der Waals surface area contributed by atoms with Gasteiger partial charge in [0.15, 0.2) is 5.78 Å². The summed E-state index contributed by atoms with van der Waals surface area (Å²) in [5.74, 6) is -0.404. The number of para-hydroxylation sites is 1. The number of carbonyl (C=O) groups excluding carboxylic acids is 1. The minimum absolute atomic E-state index is 0.0233. The van der Waals surface area contributed by atoms with Gasteiger partial charge in [-0.15, -0.1) is 0 Å². The molecule has 1 fully saturated rings. The van der Waals surface area contributed by atoms with Gasteiger partial charge < -0.3 is 5.21 Å². The fourth-order valence-electron chi connectivity index (χ4n) is 4.61. The minimum atomic E-state index is -0.926. The molecule has 154 valence electrons. The predicted molar refractivity (Wildman–Crippen MR) is 126 cm³/mol. The maximum absolute atomic E-state index is 14.1. The summed E-state index contributed by atoms with van der Waals surface area (Å²) in [6, 6.07) is 24.7. The highest BCUT2D eigenvalue weighted by molar-refractivity contribution is 8.27. The third kappa shape index (κ3) is 3.29. The molecule has 0 saturated carbocycles. The Morgan fingerprint density at radius 1 is 0.968 bits per heavy atom. The summed E-state index contributed by atoms with van der Waals surface area (Å²) in [5, 5.41) is 15.3. The number of carbonyl (C=O) groups is 1. The van der Waals surface area contributed by atoms with E-state index in [0.29, 0.717) is 27.1 Å². The van der Waals surface area contributed by atoms with Gasteiger partial charge in [-0.2, -0.15) is 0 Å². The van der Waals surface area contributed by atoms with Crippen LogP contribution in [0.1, 0.15) is 33.8 Å². The lowest BCUT2D eigenvalue weighted by Gasteiger charge is -2.37. The second kappa shape index (κ2) is 7.98. The maximum atomic E-state index is 14.1.